The third-order valence-corrected chi connectivity index (χ3v) is 23.1. The number of carbonyl (C=O) groups is 9. The second-order valence-electron chi connectivity index (χ2n) is 30.3. The number of carbonyl (C=O) groups excluding carboxylic acids is 9. The molecule has 6 fully saturated rings. The molecular formula is C82H92N18O14. The highest BCUT2D eigenvalue weighted by Crippen LogP contribution is 2.39. The van der Waals surface area contributed by atoms with Crippen LogP contribution in [0.4, 0.5) is 49.3 Å². The van der Waals surface area contributed by atoms with E-state index in [2.05, 4.69) is 64.1 Å². The Kier molecular flexibility index (Phi) is 25.2. The molecule has 0 aromatic carbocycles. The van der Waals surface area contributed by atoms with Crippen LogP contribution < -0.4 is 40.1 Å². The summed E-state index contributed by atoms with van der Waals surface area (Å²) in [5, 5.41) is 36.9. The first kappa shape index (κ1) is 80.1. The first-order valence-corrected chi connectivity index (χ1v) is 38.9. The number of hydrogen-bond acceptors (Lipinski definition) is 23. The average Bonchev–Trinajstić information content (AvgIpc) is 1.06. The summed E-state index contributed by atoms with van der Waals surface area (Å²) in [7, 11) is 4.95. The van der Waals surface area contributed by atoms with Gasteiger partial charge in [-0.15, -0.1) is 0 Å². The Morgan fingerprint density at radius 2 is 0.772 bits per heavy atom. The Morgan fingerprint density at radius 1 is 0.439 bits per heavy atom. The molecule has 594 valence electrons. The van der Waals surface area contributed by atoms with E-state index in [0.717, 1.165) is 106 Å². The Bertz CT molecular complexity index is 4390. The number of amides is 9. The zero-order chi connectivity index (χ0) is 80.4. The number of nitriles is 3. The number of urea groups is 3. The number of ether oxygens (including phenoxy) is 5. The van der Waals surface area contributed by atoms with Gasteiger partial charge in [-0.2, -0.15) is 15.8 Å². The van der Waals surface area contributed by atoms with Gasteiger partial charge in [-0.1, -0.05) is 20.8 Å². The molecule has 6 aromatic rings. The van der Waals surface area contributed by atoms with E-state index in [1.807, 2.05) is 39.0 Å². The van der Waals surface area contributed by atoms with Gasteiger partial charge in [0.15, 0.2) is 18.9 Å². The minimum Gasteiger partial charge on any atom is -0.486 e. The summed E-state index contributed by atoms with van der Waals surface area (Å²) in [6.07, 6.45) is 18.9. The summed E-state index contributed by atoms with van der Waals surface area (Å²) < 4.78 is 28.2. The molecule has 0 radical (unpaired) electrons. The number of fused-ring (bicyclic) bond motifs is 3. The molecule has 9 aliphatic rings. The van der Waals surface area contributed by atoms with E-state index in [1.165, 1.54) is 45.4 Å². The number of likely N-dealkylation sites (tertiary alicyclic amines) is 3. The van der Waals surface area contributed by atoms with Crippen LogP contribution in [0.2, 0.25) is 0 Å². The lowest BCUT2D eigenvalue weighted by Crippen LogP contribution is -2.42. The normalized spacial score (nSPS) is 22.4. The molecule has 6 aromatic heterocycles. The molecule has 114 heavy (non-hydrogen) atoms. The highest BCUT2D eigenvalue weighted by molar-refractivity contribution is 6.04. The van der Waals surface area contributed by atoms with Crippen LogP contribution in [0.15, 0.2) is 55.0 Å². The Labute approximate surface area is 659 Å². The van der Waals surface area contributed by atoms with Crippen LogP contribution >= 0.6 is 0 Å². The largest absolute Gasteiger partial charge is 0.486 e. The first-order valence-electron chi connectivity index (χ1n) is 38.9. The second-order valence-corrected chi connectivity index (χ2v) is 30.3. The van der Waals surface area contributed by atoms with Crippen molar-refractivity contribution in [2.45, 2.75) is 174 Å². The van der Waals surface area contributed by atoms with Crippen molar-refractivity contribution in [2.75, 3.05) is 91.2 Å². The van der Waals surface area contributed by atoms with Crippen molar-refractivity contribution >= 4 is 89.6 Å². The van der Waals surface area contributed by atoms with E-state index in [1.54, 1.807) is 42.1 Å². The molecule has 32 heteroatoms. The van der Waals surface area contributed by atoms with Crippen molar-refractivity contribution in [3.05, 3.63) is 128 Å². The minimum absolute atomic E-state index is 0.00840. The Morgan fingerprint density at radius 3 is 1.06 bits per heavy atom. The summed E-state index contributed by atoms with van der Waals surface area (Å²) in [4.78, 5) is 149. The molecule has 32 nitrogen and oxygen atoms in total. The number of aldehydes is 3. The second kappa shape index (κ2) is 35.8. The molecule has 3 saturated heterocycles. The standard InChI is InChI=1S/C28H32N6O4.2C27H30N6O5/c1-17-7-9-33(27(17)36)15-21-11-19-4-3-8-34(26(19)31-23(21)16-35)28(37)32-25-12-20(22(13-29)14-30-25)10-18-5-6-24(18)38-2;2*1-16-7-9-32(26(16)35)14-18-10-17-4-3-8-33(25(17)30-20(18)15-34)27(36)31-24-11-23(19(12-28)13-29-24)38-22-6-5-21(22)37-2/h11-12,14,16-18,24H,3-10,15H2,1-2H3,(H,30,32,37);2*10-11,13,15-16,21-22H,3-9,14H2,1-2H3,(H,29,31,36)/t17-,18-,24-;16-,21+,22+;16-,21-,22-/m100/s1. The van der Waals surface area contributed by atoms with Gasteiger partial charge >= 0.3 is 18.1 Å². The number of hydrogen-bond donors (Lipinski definition) is 3. The molecule has 3 N–H and O–H groups in total. The van der Waals surface area contributed by atoms with Crippen LogP contribution in [0, 0.1) is 57.7 Å². The monoisotopic (exact) mass is 1550 g/mol. The summed E-state index contributed by atoms with van der Waals surface area (Å²) in [5.74, 6) is 3.33. The van der Waals surface area contributed by atoms with E-state index in [0.29, 0.717) is 160 Å². The van der Waals surface area contributed by atoms with Crippen LogP contribution in [0.3, 0.4) is 0 Å². The Hall–Kier alpha value is -11.9. The number of anilines is 6. The zero-order valence-electron chi connectivity index (χ0n) is 64.7. The molecule has 3 saturated carbocycles. The fourth-order valence-corrected chi connectivity index (χ4v) is 15.8. The van der Waals surface area contributed by atoms with Gasteiger partial charge in [0, 0.05) is 133 Å². The van der Waals surface area contributed by atoms with E-state index >= 15 is 0 Å². The van der Waals surface area contributed by atoms with Gasteiger partial charge in [0.2, 0.25) is 17.7 Å². The molecule has 0 unspecified atom stereocenters. The number of pyridine rings is 6. The summed E-state index contributed by atoms with van der Waals surface area (Å²) in [6, 6.07) is 15.5. The maximum absolute atomic E-state index is 13.3. The van der Waals surface area contributed by atoms with E-state index in [-0.39, 0.29) is 106 Å². The first-order chi connectivity index (χ1) is 55.2. The number of rotatable bonds is 21. The number of nitrogens with zero attached hydrogens (tertiary/aromatic N) is 15. The van der Waals surface area contributed by atoms with Crippen molar-refractivity contribution in [1.82, 2.24) is 44.6 Å². The molecular weight excluding hydrogens is 1460 g/mol. The summed E-state index contributed by atoms with van der Waals surface area (Å²) >= 11 is 0. The number of aromatic nitrogens is 6. The topological polar surface area (TPSA) is 404 Å². The predicted octanol–water partition coefficient (Wildman–Crippen LogP) is 9.62. The van der Waals surface area contributed by atoms with Gasteiger partial charge in [0.25, 0.3) is 0 Å². The van der Waals surface area contributed by atoms with Gasteiger partial charge in [-0.05, 0) is 155 Å². The van der Waals surface area contributed by atoms with Crippen LogP contribution in [0.5, 0.6) is 11.5 Å². The van der Waals surface area contributed by atoms with Gasteiger partial charge < -0.3 is 38.4 Å². The third-order valence-electron chi connectivity index (χ3n) is 23.1. The Balaban J connectivity index is 0.000000149. The molecule has 0 bridgehead atoms. The van der Waals surface area contributed by atoms with Crippen LogP contribution in [-0.4, -0.2) is 190 Å². The maximum atomic E-state index is 13.3. The van der Waals surface area contributed by atoms with E-state index in [4.69, 9.17) is 23.7 Å². The van der Waals surface area contributed by atoms with Crippen molar-refractivity contribution in [1.29, 1.82) is 15.8 Å². The fourth-order valence-electron chi connectivity index (χ4n) is 15.8. The molecule has 15 rings (SSSR count). The SMILES string of the molecule is CO[C@@H]1CC[C@@H]1Cc1cc(NC(=O)N2CCCc3cc(CN4CC[C@@H](C)C4=O)c(C=O)nc32)ncc1C#N.CO[C@@H]1CC[C@H]1Oc1cc(NC(=O)N2CCCc3cc(CN4CC[C@H](C)C4=O)c(C=O)nc32)ncc1C#N.CO[C@H]1CC[C@@H]1Oc1cc(NC(=O)N2CCCc3cc(CN4CC[C@H](C)C4=O)c(C=O)nc32)ncc1C#N. The zero-order valence-corrected chi connectivity index (χ0v) is 64.7. The fraction of sp³-hybridized carbons (Fsp3) is 0.488. The van der Waals surface area contributed by atoms with Crippen molar-refractivity contribution in [3.63, 3.8) is 0 Å². The number of nitrogens with one attached hydrogen (secondary N) is 3. The third kappa shape index (κ3) is 17.5. The lowest BCUT2D eigenvalue weighted by atomic mass is 9.77. The highest BCUT2D eigenvalue weighted by atomic mass is 16.5. The molecule has 0 spiro atoms. The van der Waals surface area contributed by atoms with Crippen LogP contribution in [0.1, 0.15) is 185 Å². The van der Waals surface area contributed by atoms with Gasteiger partial charge in [-0.25, -0.2) is 44.3 Å². The van der Waals surface area contributed by atoms with E-state index in [9.17, 15) is 58.9 Å². The molecule has 12 heterocycles. The lowest BCUT2D eigenvalue weighted by molar-refractivity contribution is -0.131. The van der Waals surface area contributed by atoms with Crippen LogP contribution in [0.25, 0.3) is 0 Å². The average molecular weight is 1550 g/mol. The summed E-state index contributed by atoms with van der Waals surface area (Å²) in [5.41, 5.74) is 7.17. The van der Waals surface area contributed by atoms with E-state index < -0.39 is 18.1 Å². The highest BCUT2D eigenvalue weighted by Gasteiger charge is 2.39. The molecule has 6 aliphatic heterocycles. The van der Waals surface area contributed by atoms with Crippen molar-refractivity contribution in [3.8, 4) is 29.7 Å². The van der Waals surface area contributed by atoms with Gasteiger partial charge in [0.1, 0.15) is 105 Å². The van der Waals surface area contributed by atoms with Gasteiger partial charge in [0.05, 0.1) is 36.3 Å². The molecule has 3 aliphatic carbocycles. The number of methoxy groups -OCH3 is 3. The minimum atomic E-state index is -0.451. The van der Waals surface area contributed by atoms with Crippen LogP contribution in [-0.2, 0) is 73.9 Å². The van der Waals surface area contributed by atoms with Crippen molar-refractivity contribution in [2.24, 2.45) is 23.7 Å². The quantitative estimate of drug-likeness (QED) is 0.0564. The maximum Gasteiger partial charge on any atom is 0.328 e. The van der Waals surface area contributed by atoms with Gasteiger partial charge in [-0.3, -0.25) is 59.4 Å². The number of aryl methyl sites for hydroxylation is 3. The van der Waals surface area contributed by atoms with Crippen molar-refractivity contribution < 1.29 is 66.8 Å². The summed E-state index contributed by atoms with van der Waals surface area (Å²) in [6.45, 7) is 9.98. The predicted molar refractivity (Wildman–Crippen MR) is 413 cm³/mol. The molecule has 9 amide bonds. The smallest absolute Gasteiger partial charge is 0.328 e. The molecule has 9 atom stereocenters. The lowest BCUT2D eigenvalue weighted by Gasteiger charge is -2.35.